The van der Waals surface area contributed by atoms with Crippen LogP contribution in [0.2, 0.25) is 0 Å². The molecule has 3 aromatic rings. The molecule has 4 rings (SSSR count). The minimum Gasteiger partial charge on any atom is -0.480 e. The SMILES string of the molecule is CCOCC(OCc1ccc(C(=O)NC(CCNC)C(=O)O)c(-c2ccccc2C)c1)c1ccc2c(c1)CCCC2. The average molecular weight is 559 g/mol. The third-order valence-electron chi connectivity index (χ3n) is 7.72. The molecule has 0 heterocycles. The molecule has 41 heavy (non-hydrogen) atoms. The Kier molecular flexibility index (Phi) is 11.1. The van der Waals surface area contributed by atoms with Gasteiger partial charge in [0, 0.05) is 12.2 Å². The van der Waals surface area contributed by atoms with E-state index in [-0.39, 0.29) is 12.5 Å². The van der Waals surface area contributed by atoms with Gasteiger partial charge in [-0.2, -0.15) is 0 Å². The number of fused-ring (bicyclic) bond motifs is 1. The molecule has 218 valence electrons. The summed E-state index contributed by atoms with van der Waals surface area (Å²) in [6, 6.07) is 19.2. The lowest BCUT2D eigenvalue weighted by Crippen LogP contribution is -2.42. The highest BCUT2D eigenvalue weighted by Crippen LogP contribution is 2.31. The Bertz CT molecular complexity index is 1340. The van der Waals surface area contributed by atoms with Gasteiger partial charge >= 0.3 is 5.97 Å². The summed E-state index contributed by atoms with van der Waals surface area (Å²) in [7, 11) is 1.75. The predicted octanol–water partition coefficient (Wildman–Crippen LogP) is 5.63. The van der Waals surface area contributed by atoms with E-state index in [2.05, 4.69) is 28.8 Å². The highest BCUT2D eigenvalue weighted by Gasteiger charge is 2.23. The molecular weight excluding hydrogens is 516 g/mol. The molecule has 0 aliphatic heterocycles. The number of carbonyl (C=O) groups is 2. The van der Waals surface area contributed by atoms with Gasteiger partial charge in [0.1, 0.15) is 12.1 Å². The molecule has 2 atom stereocenters. The minimum atomic E-state index is -1.06. The van der Waals surface area contributed by atoms with Crippen LogP contribution in [-0.4, -0.2) is 49.8 Å². The van der Waals surface area contributed by atoms with Crippen molar-refractivity contribution in [3.8, 4) is 11.1 Å². The van der Waals surface area contributed by atoms with Gasteiger partial charge in [0.2, 0.25) is 0 Å². The van der Waals surface area contributed by atoms with E-state index in [9.17, 15) is 14.7 Å². The second-order valence-electron chi connectivity index (χ2n) is 10.6. The van der Waals surface area contributed by atoms with Crippen LogP contribution in [0.1, 0.15) is 70.5 Å². The Balaban J connectivity index is 1.60. The molecule has 0 aromatic heterocycles. The third-order valence-corrected chi connectivity index (χ3v) is 7.72. The van der Waals surface area contributed by atoms with E-state index in [0.29, 0.717) is 31.9 Å². The molecule has 1 aliphatic rings. The number of carboxylic acid groups (broad SMARTS) is 1. The Morgan fingerprint density at radius 3 is 2.49 bits per heavy atom. The molecule has 0 saturated heterocycles. The Hall–Kier alpha value is -3.52. The maximum absolute atomic E-state index is 13.4. The fraction of sp³-hybridized carbons (Fsp3) is 0.412. The van der Waals surface area contributed by atoms with Gasteiger partial charge in [-0.3, -0.25) is 4.79 Å². The van der Waals surface area contributed by atoms with Gasteiger partial charge < -0.3 is 25.2 Å². The van der Waals surface area contributed by atoms with Gasteiger partial charge in [0.15, 0.2) is 0 Å². The largest absolute Gasteiger partial charge is 0.480 e. The Labute approximate surface area is 243 Å². The van der Waals surface area contributed by atoms with Crippen LogP contribution in [0.3, 0.4) is 0 Å². The lowest BCUT2D eigenvalue weighted by Gasteiger charge is -2.22. The first-order valence-corrected chi connectivity index (χ1v) is 14.6. The molecule has 0 saturated carbocycles. The fourth-order valence-corrected chi connectivity index (χ4v) is 5.38. The molecule has 0 radical (unpaired) electrons. The highest BCUT2D eigenvalue weighted by molar-refractivity contribution is 6.02. The van der Waals surface area contributed by atoms with Crippen LogP contribution in [0.5, 0.6) is 0 Å². The number of aliphatic carboxylic acids is 1. The second-order valence-corrected chi connectivity index (χ2v) is 10.6. The lowest BCUT2D eigenvalue weighted by molar-refractivity contribution is -0.139. The average Bonchev–Trinajstić information content (AvgIpc) is 2.99. The molecule has 0 bridgehead atoms. The molecule has 2 unspecified atom stereocenters. The van der Waals surface area contributed by atoms with E-state index in [4.69, 9.17) is 9.47 Å². The smallest absolute Gasteiger partial charge is 0.326 e. The first-order valence-electron chi connectivity index (χ1n) is 14.6. The summed E-state index contributed by atoms with van der Waals surface area (Å²) in [6.45, 7) is 5.87. The van der Waals surface area contributed by atoms with Crippen LogP contribution in [0.15, 0.2) is 60.7 Å². The Morgan fingerprint density at radius 1 is 0.976 bits per heavy atom. The normalized spacial score (nSPS) is 14.2. The van der Waals surface area contributed by atoms with Crippen LogP contribution in [0, 0.1) is 6.92 Å². The van der Waals surface area contributed by atoms with Crippen LogP contribution in [0.25, 0.3) is 11.1 Å². The number of amides is 1. The molecule has 0 fully saturated rings. The summed E-state index contributed by atoms with van der Waals surface area (Å²) < 4.78 is 12.3. The molecule has 7 heteroatoms. The molecule has 0 spiro atoms. The summed E-state index contributed by atoms with van der Waals surface area (Å²) in [5.74, 6) is -1.47. The van der Waals surface area contributed by atoms with Crippen molar-refractivity contribution >= 4 is 11.9 Å². The van der Waals surface area contributed by atoms with Gasteiger partial charge in [-0.25, -0.2) is 4.79 Å². The van der Waals surface area contributed by atoms with E-state index in [1.165, 1.54) is 24.0 Å². The first kappa shape index (κ1) is 30.4. The summed E-state index contributed by atoms with van der Waals surface area (Å²) in [4.78, 5) is 25.2. The first-order chi connectivity index (χ1) is 19.9. The highest BCUT2D eigenvalue weighted by atomic mass is 16.5. The summed E-state index contributed by atoms with van der Waals surface area (Å²) in [5.41, 5.74) is 8.00. The zero-order chi connectivity index (χ0) is 29.2. The van der Waals surface area contributed by atoms with E-state index >= 15 is 0 Å². The fourth-order valence-electron chi connectivity index (χ4n) is 5.38. The number of rotatable bonds is 14. The molecule has 3 N–H and O–H groups in total. The maximum atomic E-state index is 13.4. The van der Waals surface area contributed by atoms with Crippen LogP contribution in [0.4, 0.5) is 0 Å². The van der Waals surface area contributed by atoms with Crippen LogP contribution < -0.4 is 10.6 Å². The number of hydrogen-bond acceptors (Lipinski definition) is 5. The number of aryl methyl sites for hydroxylation is 3. The number of nitrogens with one attached hydrogen (secondary N) is 2. The minimum absolute atomic E-state index is 0.212. The molecule has 1 amide bonds. The zero-order valence-corrected chi connectivity index (χ0v) is 24.4. The Morgan fingerprint density at radius 2 is 1.76 bits per heavy atom. The van der Waals surface area contributed by atoms with Crippen molar-refractivity contribution in [2.24, 2.45) is 0 Å². The zero-order valence-electron chi connectivity index (χ0n) is 24.4. The number of ether oxygens (including phenoxy) is 2. The van der Waals surface area contributed by atoms with Gasteiger partial charge in [0.05, 0.1) is 13.2 Å². The molecule has 3 aromatic carbocycles. The standard InChI is InChI=1S/C34H42N2O5/c1-4-40-22-32(27-15-14-25-10-6-7-11-26(25)20-27)41-21-24-13-16-29(30(19-24)28-12-8-5-9-23(28)2)33(37)36-31(34(38)39)17-18-35-3/h5,8-9,12-16,19-20,31-32,35H,4,6-7,10-11,17-18,21-22H2,1-3H3,(H,36,37)(H,38,39). The van der Waals surface area contributed by atoms with E-state index in [1.54, 1.807) is 13.1 Å². The van der Waals surface area contributed by atoms with Crippen molar-refractivity contribution in [3.05, 3.63) is 94.0 Å². The number of carboxylic acids is 1. The number of carbonyl (C=O) groups excluding carboxylic acids is 1. The van der Waals surface area contributed by atoms with E-state index in [0.717, 1.165) is 40.7 Å². The topological polar surface area (TPSA) is 96.9 Å². The third kappa shape index (κ3) is 8.03. The van der Waals surface area contributed by atoms with Crippen LogP contribution in [-0.2, 0) is 33.7 Å². The summed E-state index contributed by atoms with van der Waals surface area (Å²) in [6.07, 6.45) is 4.78. The van der Waals surface area contributed by atoms with Crippen molar-refractivity contribution < 1.29 is 24.2 Å². The summed E-state index contributed by atoms with van der Waals surface area (Å²) >= 11 is 0. The van der Waals surface area contributed by atoms with Gasteiger partial charge in [0.25, 0.3) is 5.91 Å². The van der Waals surface area contributed by atoms with Crippen molar-refractivity contribution in [2.75, 3.05) is 26.8 Å². The molecular formula is C34H42N2O5. The lowest BCUT2D eigenvalue weighted by atomic mass is 9.89. The van der Waals surface area contributed by atoms with Crippen molar-refractivity contribution in [3.63, 3.8) is 0 Å². The van der Waals surface area contributed by atoms with Crippen molar-refractivity contribution in [1.29, 1.82) is 0 Å². The number of benzene rings is 3. The quantitative estimate of drug-likeness (QED) is 0.237. The molecule has 7 nitrogen and oxygen atoms in total. The van der Waals surface area contributed by atoms with Crippen LogP contribution >= 0.6 is 0 Å². The molecule has 1 aliphatic carbocycles. The van der Waals surface area contributed by atoms with Gasteiger partial charge in [-0.1, -0.05) is 48.5 Å². The monoisotopic (exact) mass is 558 g/mol. The van der Waals surface area contributed by atoms with Crippen molar-refractivity contribution in [2.45, 2.75) is 64.7 Å². The van der Waals surface area contributed by atoms with E-state index in [1.807, 2.05) is 50.2 Å². The van der Waals surface area contributed by atoms with Crippen molar-refractivity contribution in [1.82, 2.24) is 10.6 Å². The number of hydrogen-bond donors (Lipinski definition) is 3. The summed E-state index contributed by atoms with van der Waals surface area (Å²) in [5, 5.41) is 15.3. The van der Waals surface area contributed by atoms with Gasteiger partial charge in [-0.15, -0.1) is 0 Å². The van der Waals surface area contributed by atoms with Gasteiger partial charge in [-0.05, 0) is 111 Å². The van der Waals surface area contributed by atoms with E-state index < -0.39 is 17.9 Å². The second kappa shape index (κ2) is 14.9. The maximum Gasteiger partial charge on any atom is 0.326 e. The predicted molar refractivity (Wildman–Crippen MR) is 161 cm³/mol.